The number of rotatable bonds is 8. The number of benzene rings is 3. The zero-order chi connectivity index (χ0) is 27.5. The van der Waals surface area contributed by atoms with E-state index in [2.05, 4.69) is 26.1 Å². The summed E-state index contributed by atoms with van der Waals surface area (Å²) in [5, 5.41) is 2.82. The Morgan fingerprint density at radius 1 is 1.08 bits per heavy atom. The Morgan fingerprint density at radius 3 is 2.47 bits per heavy atom. The summed E-state index contributed by atoms with van der Waals surface area (Å²) in [6.07, 6.45) is -1.03. The number of anilines is 1. The van der Waals surface area contributed by atoms with Crippen molar-refractivity contribution in [3.8, 4) is 17.2 Å². The van der Waals surface area contributed by atoms with E-state index in [1.165, 1.54) is 23.5 Å². The van der Waals surface area contributed by atoms with Crippen LogP contribution in [0.5, 0.6) is 17.2 Å². The van der Waals surface area contributed by atoms with Gasteiger partial charge in [0.25, 0.3) is 15.9 Å². The third kappa shape index (κ3) is 5.88. The highest BCUT2D eigenvalue weighted by Crippen LogP contribution is 2.38. The topological polar surface area (TPSA) is 94.2 Å². The van der Waals surface area contributed by atoms with Crippen molar-refractivity contribution >= 4 is 21.6 Å². The fourth-order valence-corrected chi connectivity index (χ4v) is 5.73. The number of carbonyl (C=O) groups is 1. The molecule has 0 radical (unpaired) electrons. The monoisotopic (exact) mass is 538 g/mol. The molecule has 0 bridgehead atoms. The second-order valence-electron chi connectivity index (χ2n) is 10.2. The van der Waals surface area contributed by atoms with E-state index >= 15 is 0 Å². The lowest BCUT2D eigenvalue weighted by Crippen LogP contribution is -2.51. The zero-order valence-electron chi connectivity index (χ0n) is 22.4. The van der Waals surface area contributed by atoms with Gasteiger partial charge in [-0.15, -0.1) is 0 Å². The first-order valence-corrected chi connectivity index (χ1v) is 13.9. The number of carbonyl (C=O) groups excluding carboxylic acids is 1. The van der Waals surface area contributed by atoms with E-state index < -0.39 is 22.0 Å². The van der Waals surface area contributed by atoms with Crippen LogP contribution in [0.25, 0.3) is 0 Å². The van der Waals surface area contributed by atoms with Crippen LogP contribution in [0, 0.1) is 6.92 Å². The van der Waals surface area contributed by atoms with Crippen molar-refractivity contribution in [3.05, 3.63) is 77.9 Å². The largest absolute Gasteiger partial charge is 0.497 e. The number of nitrogens with one attached hydrogen (secondary N) is 1. The van der Waals surface area contributed by atoms with Gasteiger partial charge in [-0.3, -0.25) is 9.10 Å². The third-order valence-electron chi connectivity index (χ3n) is 6.28. The van der Waals surface area contributed by atoms with Gasteiger partial charge < -0.3 is 19.5 Å². The Balaban J connectivity index is 1.48. The number of methoxy groups -OCH3 is 1. The molecule has 1 atom stereocenters. The van der Waals surface area contributed by atoms with Gasteiger partial charge in [0, 0.05) is 0 Å². The molecule has 0 fully saturated rings. The van der Waals surface area contributed by atoms with Crippen LogP contribution in [-0.4, -0.2) is 47.2 Å². The van der Waals surface area contributed by atoms with Gasteiger partial charge in [-0.1, -0.05) is 45.0 Å². The summed E-state index contributed by atoms with van der Waals surface area (Å²) >= 11 is 0. The van der Waals surface area contributed by atoms with Crippen molar-refractivity contribution in [2.45, 2.75) is 44.1 Å². The molecule has 0 spiro atoms. The van der Waals surface area contributed by atoms with Gasteiger partial charge in [-0.25, -0.2) is 8.42 Å². The standard InChI is InChI=1S/C29H34N2O6S/c1-20-10-15-26-24(18-20)31(38(33,34)22-13-11-21(35-5)12-14-22)19-27(37-26)28(32)30-16-17-36-25-9-7-6-8-23(25)29(2,3)4/h6-15,18,27H,16-17,19H2,1-5H3,(H,30,32)/t27-/m1/s1. The predicted molar refractivity (Wildman–Crippen MR) is 147 cm³/mol. The summed E-state index contributed by atoms with van der Waals surface area (Å²) in [6, 6.07) is 19.2. The number of nitrogens with zero attached hydrogens (tertiary/aromatic N) is 1. The smallest absolute Gasteiger partial charge is 0.264 e. The molecule has 9 heteroatoms. The molecule has 3 aromatic rings. The molecular formula is C29H34N2O6S. The highest BCUT2D eigenvalue weighted by Gasteiger charge is 2.37. The molecule has 38 heavy (non-hydrogen) atoms. The van der Waals surface area contributed by atoms with Gasteiger partial charge >= 0.3 is 0 Å². The second-order valence-corrected chi connectivity index (χ2v) is 12.0. The van der Waals surface area contributed by atoms with E-state index in [4.69, 9.17) is 14.2 Å². The van der Waals surface area contributed by atoms with Crippen LogP contribution in [-0.2, 0) is 20.2 Å². The Hall–Kier alpha value is -3.72. The fraction of sp³-hybridized carbons (Fsp3) is 0.345. The average Bonchev–Trinajstić information content (AvgIpc) is 2.90. The first kappa shape index (κ1) is 27.3. The number of hydrogen-bond acceptors (Lipinski definition) is 6. The third-order valence-corrected chi connectivity index (χ3v) is 8.07. The summed E-state index contributed by atoms with van der Waals surface area (Å²) < 4.78 is 45.6. The molecule has 1 aliphatic heterocycles. The summed E-state index contributed by atoms with van der Waals surface area (Å²) in [5.74, 6) is 1.23. The van der Waals surface area contributed by atoms with Crippen LogP contribution in [0.3, 0.4) is 0 Å². The van der Waals surface area contributed by atoms with Crippen molar-refractivity contribution in [2.75, 3.05) is 31.1 Å². The van der Waals surface area contributed by atoms with Gasteiger partial charge in [-0.05, 0) is 65.9 Å². The van der Waals surface area contributed by atoms with Gasteiger partial charge in [0.2, 0.25) is 0 Å². The Labute approximate surface area is 224 Å². The van der Waals surface area contributed by atoms with E-state index in [9.17, 15) is 13.2 Å². The second kappa shape index (κ2) is 10.9. The molecule has 8 nitrogen and oxygen atoms in total. The van der Waals surface area contributed by atoms with Crippen molar-refractivity contribution < 1.29 is 27.4 Å². The number of sulfonamides is 1. The quantitative estimate of drug-likeness (QED) is 0.426. The first-order valence-electron chi connectivity index (χ1n) is 12.4. The van der Waals surface area contributed by atoms with Crippen molar-refractivity contribution in [1.82, 2.24) is 5.32 Å². The number of aryl methyl sites for hydroxylation is 1. The molecule has 0 aromatic heterocycles. The molecule has 1 heterocycles. The lowest BCUT2D eigenvalue weighted by molar-refractivity contribution is -0.127. The minimum Gasteiger partial charge on any atom is -0.497 e. The molecule has 0 saturated carbocycles. The van der Waals surface area contributed by atoms with E-state index in [0.717, 1.165) is 16.9 Å². The maximum absolute atomic E-state index is 13.6. The average molecular weight is 539 g/mol. The van der Waals surface area contributed by atoms with E-state index in [-0.39, 0.29) is 30.0 Å². The molecule has 0 unspecified atom stereocenters. The number of para-hydroxylation sites is 1. The van der Waals surface area contributed by atoms with Gasteiger partial charge in [0.05, 0.1) is 30.8 Å². The lowest BCUT2D eigenvalue weighted by Gasteiger charge is -2.35. The highest BCUT2D eigenvalue weighted by atomic mass is 32.2. The van der Waals surface area contributed by atoms with Crippen LogP contribution in [0.1, 0.15) is 31.9 Å². The maximum atomic E-state index is 13.6. The molecule has 4 rings (SSSR count). The molecule has 3 aromatic carbocycles. The molecule has 0 aliphatic carbocycles. The SMILES string of the molecule is COc1ccc(S(=O)(=O)N2C[C@H](C(=O)NCCOc3ccccc3C(C)(C)C)Oc3ccc(C)cc32)cc1. The van der Waals surface area contributed by atoms with Crippen molar-refractivity contribution in [3.63, 3.8) is 0 Å². The maximum Gasteiger partial charge on any atom is 0.264 e. The van der Waals surface area contributed by atoms with Crippen LogP contribution < -0.4 is 23.8 Å². The molecular weight excluding hydrogens is 504 g/mol. The van der Waals surface area contributed by atoms with Crippen molar-refractivity contribution in [1.29, 1.82) is 0 Å². The highest BCUT2D eigenvalue weighted by molar-refractivity contribution is 7.92. The van der Waals surface area contributed by atoms with Gasteiger partial charge in [0.15, 0.2) is 6.10 Å². The molecule has 1 aliphatic rings. The summed E-state index contributed by atoms with van der Waals surface area (Å²) in [5.41, 5.74) is 2.26. The summed E-state index contributed by atoms with van der Waals surface area (Å²) in [6.45, 7) is 8.55. The minimum absolute atomic E-state index is 0.0830. The van der Waals surface area contributed by atoms with Crippen LogP contribution in [0.4, 0.5) is 5.69 Å². The Morgan fingerprint density at radius 2 is 1.79 bits per heavy atom. The lowest BCUT2D eigenvalue weighted by atomic mass is 9.86. The number of ether oxygens (including phenoxy) is 3. The molecule has 1 N–H and O–H groups in total. The summed E-state index contributed by atoms with van der Waals surface area (Å²) in [4.78, 5) is 13.2. The molecule has 202 valence electrons. The zero-order valence-corrected chi connectivity index (χ0v) is 23.2. The van der Waals surface area contributed by atoms with Gasteiger partial charge in [-0.2, -0.15) is 0 Å². The Kier molecular flexibility index (Phi) is 7.87. The van der Waals surface area contributed by atoms with Gasteiger partial charge in [0.1, 0.15) is 23.9 Å². The number of fused-ring (bicyclic) bond motifs is 1. The molecule has 1 amide bonds. The number of amides is 1. The minimum atomic E-state index is -3.97. The fourth-order valence-electron chi connectivity index (χ4n) is 4.26. The first-order chi connectivity index (χ1) is 18.0. The van der Waals surface area contributed by atoms with E-state index in [1.807, 2.05) is 37.3 Å². The van der Waals surface area contributed by atoms with E-state index in [0.29, 0.717) is 17.2 Å². The molecule has 0 saturated heterocycles. The predicted octanol–water partition coefficient (Wildman–Crippen LogP) is 4.45. The number of hydrogen-bond donors (Lipinski definition) is 1. The van der Waals surface area contributed by atoms with Crippen molar-refractivity contribution in [2.24, 2.45) is 0 Å². The summed E-state index contributed by atoms with van der Waals surface area (Å²) in [7, 11) is -2.45. The van der Waals surface area contributed by atoms with Crippen LogP contribution in [0.15, 0.2) is 71.6 Å². The van der Waals surface area contributed by atoms with Crippen LogP contribution in [0.2, 0.25) is 0 Å². The normalized spacial score (nSPS) is 15.3. The Bertz CT molecular complexity index is 1400. The van der Waals surface area contributed by atoms with E-state index in [1.54, 1.807) is 24.3 Å². The van der Waals surface area contributed by atoms with Crippen LogP contribution >= 0.6 is 0 Å².